The van der Waals surface area contributed by atoms with Crippen molar-refractivity contribution in [3.63, 3.8) is 0 Å². The second kappa shape index (κ2) is 6.67. The molecule has 0 aliphatic carbocycles. The summed E-state index contributed by atoms with van der Waals surface area (Å²) in [6.45, 7) is 2.91. The summed E-state index contributed by atoms with van der Waals surface area (Å²) in [6, 6.07) is 6.37. The quantitative estimate of drug-likeness (QED) is 0.910. The molecule has 0 unspecified atom stereocenters. The van der Waals surface area contributed by atoms with Crippen molar-refractivity contribution in [1.29, 1.82) is 0 Å². The highest BCUT2D eigenvalue weighted by molar-refractivity contribution is 9.10. The third-order valence-corrected chi connectivity index (χ3v) is 4.09. The fraction of sp³-hybridized carbons (Fsp3) is 0.385. The predicted octanol–water partition coefficient (Wildman–Crippen LogP) is 2.27. The standard InChI is InChI=1S/C13H15BrN4O.ClH/c14-11-3-1-2-9-4-5-18(7-10(9)11)8-12-16-13(6-15)19-17-12;/h1-3H,4-8,15H2;1H. The highest BCUT2D eigenvalue weighted by atomic mass is 79.9. The van der Waals surface area contributed by atoms with Gasteiger partial charge in [0, 0.05) is 17.6 Å². The first-order chi connectivity index (χ1) is 9.26. The summed E-state index contributed by atoms with van der Waals surface area (Å²) >= 11 is 3.62. The van der Waals surface area contributed by atoms with Crippen molar-refractivity contribution in [2.24, 2.45) is 5.73 Å². The molecule has 0 fully saturated rings. The Labute approximate surface area is 132 Å². The van der Waals surface area contributed by atoms with Gasteiger partial charge < -0.3 is 10.3 Å². The van der Waals surface area contributed by atoms with Crippen molar-refractivity contribution in [2.75, 3.05) is 6.54 Å². The van der Waals surface area contributed by atoms with Gasteiger partial charge in [0.1, 0.15) is 0 Å². The van der Waals surface area contributed by atoms with Crippen molar-refractivity contribution < 1.29 is 4.52 Å². The average Bonchev–Trinajstić information content (AvgIpc) is 2.87. The molecule has 0 radical (unpaired) electrons. The van der Waals surface area contributed by atoms with Crippen LogP contribution in [0.5, 0.6) is 0 Å². The third kappa shape index (κ3) is 3.20. The van der Waals surface area contributed by atoms with Gasteiger partial charge in [-0.2, -0.15) is 4.98 Å². The molecule has 2 heterocycles. The number of halogens is 2. The minimum Gasteiger partial charge on any atom is -0.338 e. The normalized spacial score (nSPS) is 14.7. The second-order valence-corrected chi connectivity index (χ2v) is 5.50. The lowest BCUT2D eigenvalue weighted by atomic mass is 10.00. The Kier molecular flexibility index (Phi) is 5.15. The molecule has 108 valence electrons. The molecule has 7 heteroatoms. The van der Waals surface area contributed by atoms with Gasteiger partial charge >= 0.3 is 0 Å². The Morgan fingerprint density at radius 1 is 1.40 bits per heavy atom. The van der Waals surface area contributed by atoms with Crippen LogP contribution in [-0.2, 0) is 26.1 Å². The molecule has 0 amide bonds. The van der Waals surface area contributed by atoms with Crippen molar-refractivity contribution in [3.8, 4) is 0 Å². The van der Waals surface area contributed by atoms with Gasteiger partial charge in [-0.05, 0) is 23.6 Å². The molecule has 1 aromatic carbocycles. The molecule has 1 aliphatic heterocycles. The zero-order valence-corrected chi connectivity index (χ0v) is 13.3. The molecular formula is C13H16BrClN4O. The van der Waals surface area contributed by atoms with E-state index in [9.17, 15) is 0 Å². The lowest BCUT2D eigenvalue weighted by Crippen LogP contribution is -2.30. The van der Waals surface area contributed by atoms with Gasteiger partial charge in [-0.1, -0.05) is 33.2 Å². The Balaban J connectivity index is 0.00000147. The molecule has 1 aliphatic rings. The number of nitrogens with zero attached hydrogens (tertiary/aromatic N) is 3. The molecule has 0 spiro atoms. The topological polar surface area (TPSA) is 68.2 Å². The van der Waals surface area contributed by atoms with Gasteiger partial charge in [0.2, 0.25) is 5.89 Å². The third-order valence-electron chi connectivity index (χ3n) is 3.34. The van der Waals surface area contributed by atoms with Crippen LogP contribution in [0.1, 0.15) is 22.8 Å². The van der Waals surface area contributed by atoms with E-state index in [2.05, 4.69) is 49.2 Å². The predicted molar refractivity (Wildman–Crippen MR) is 81.4 cm³/mol. The van der Waals surface area contributed by atoms with Gasteiger partial charge in [0.05, 0.1) is 13.1 Å². The van der Waals surface area contributed by atoms with E-state index in [0.29, 0.717) is 24.8 Å². The van der Waals surface area contributed by atoms with Crippen molar-refractivity contribution in [1.82, 2.24) is 15.0 Å². The highest BCUT2D eigenvalue weighted by Gasteiger charge is 2.19. The molecule has 1 aromatic heterocycles. The second-order valence-electron chi connectivity index (χ2n) is 4.65. The smallest absolute Gasteiger partial charge is 0.240 e. The molecule has 0 atom stereocenters. The van der Waals surface area contributed by atoms with Crippen molar-refractivity contribution in [3.05, 3.63) is 45.5 Å². The number of rotatable bonds is 3. The molecule has 2 aromatic rings. The first-order valence-corrected chi connectivity index (χ1v) is 7.05. The number of hydrogen-bond acceptors (Lipinski definition) is 5. The van der Waals surface area contributed by atoms with Gasteiger partial charge in [-0.15, -0.1) is 12.4 Å². The molecule has 3 rings (SSSR count). The first-order valence-electron chi connectivity index (χ1n) is 6.26. The van der Waals surface area contributed by atoms with E-state index in [1.807, 2.05) is 0 Å². The summed E-state index contributed by atoms with van der Waals surface area (Å²) in [5, 5.41) is 3.94. The minimum absolute atomic E-state index is 0. The lowest BCUT2D eigenvalue weighted by molar-refractivity contribution is 0.234. The summed E-state index contributed by atoms with van der Waals surface area (Å²) in [6.07, 6.45) is 1.05. The number of nitrogens with two attached hydrogens (primary N) is 1. The van der Waals surface area contributed by atoms with Gasteiger partial charge in [-0.25, -0.2) is 0 Å². The number of hydrogen-bond donors (Lipinski definition) is 1. The van der Waals surface area contributed by atoms with Crippen molar-refractivity contribution in [2.45, 2.75) is 26.1 Å². The zero-order valence-electron chi connectivity index (χ0n) is 10.9. The number of benzene rings is 1. The minimum atomic E-state index is 0. The van der Waals surface area contributed by atoms with Gasteiger partial charge in [-0.3, -0.25) is 4.90 Å². The van der Waals surface area contributed by atoms with Crippen molar-refractivity contribution >= 4 is 28.3 Å². The van der Waals surface area contributed by atoms with E-state index < -0.39 is 0 Å². The van der Waals surface area contributed by atoms with Crippen LogP contribution in [0.4, 0.5) is 0 Å². The lowest BCUT2D eigenvalue weighted by Gasteiger charge is -2.28. The van der Waals surface area contributed by atoms with Crippen LogP contribution >= 0.6 is 28.3 Å². The summed E-state index contributed by atoms with van der Waals surface area (Å²) in [4.78, 5) is 6.56. The molecule has 0 saturated heterocycles. The molecule has 0 bridgehead atoms. The van der Waals surface area contributed by atoms with E-state index in [0.717, 1.165) is 19.5 Å². The number of fused-ring (bicyclic) bond motifs is 1. The maximum atomic E-state index is 5.46. The maximum Gasteiger partial charge on any atom is 0.240 e. The van der Waals surface area contributed by atoms with Crippen LogP contribution in [0, 0.1) is 0 Å². The monoisotopic (exact) mass is 358 g/mol. The van der Waals surface area contributed by atoms with E-state index in [1.165, 1.54) is 15.6 Å². The summed E-state index contributed by atoms with van der Waals surface area (Å²) in [5.41, 5.74) is 8.24. The molecule has 20 heavy (non-hydrogen) atoms. The summed E-state index contributed by atoms with van der Waals surface area (Å²) < 4.78 is 6.20. The SMILES string of the molecule is Cl.NCc1nc(CN2CCc3cccc(Br)c3C2)no1. The molecular weight excluding hydrogens is 344 g/mol. The zero-order chi connectivity index (χ0) is 13.2. The fourth-order valence-corrected chi connectivity index (χ4v) is 2.90. The average molecular weight is 360 g/mol. The Bertz CT molecular complexity index is 590. The molecule has 2 N–H and O–H groups in total. The Morgan fingerprint density at radius 2 is 2.25 bits per heavy atom. The summed E-state index contributed by atoms with van der Waals surface area (Å²) in [5.74, 6) is 1.20. The van der Waals surface area contributed by atoms with Crippen LogP contribution in [0.3, 0.4) is 0 Å². The van der Waals surface area contributed by atoms with E-state index in [4.69, 9.17) is 10.3 Å². The largest absolute Gasteiger partial charge is 0.338 e. The summed E-state index contributed by atoms with van der Waals surface area (Å²) in [7, 11) is 0. The van der Waals surface area contributed by atoms with E-state index in [-0.39, 0.29) is 12.4 Å². The molecule has 5 nitrogen and oxygen atoms in total. The molecule has 0 saturated carbocycles. The van der Waals surface area contributed by atoms with E-state index in [1.54, 1.807) is 0 Å². The number of aromatic nitrogens is 2. The highest BCUT2D eigenvalue weighted by Crippen LogP contribution is 2.26. The van der Waals surface area contributed by atoms with Crippen LogP contribution in [0.2, 0.25) is 0 Å². The van der Waals surface area contributed by atoms with Gasteiger partial charge in [0.15, 0.2) is 5.82 Å². The Hall–Kier alpha value is -0.950. The van der Waals surface area contributed by atoms with E-state index >= 15 is 0 Å². The van der Waals surface area contributed by atoms with Crippen LogP contribution in [0.25, 0.3) is 0 Å². The Morgan fingerprint density at radius 3 is 3.00 bits per heavy atom. The van der Waals surface area contributed by atoms with Crippen LogP contribution in [-0.4, -0.2) is 21.6 Å². The fourth-order valence-electron chi connectivity index (χ4n) is 2.37. The van der Waals surface area contributed by atoms with Crippen LogP contribution < -0.4 is 5.73 Å². The maximum absolute atomic E-state index is 5.46. The van der Waals surface area contributed by atoms with Gasteiger partial charge in [0.25, 0.3) is 0 Å². The first kappa shape index (κ1) is 15.4. The van der Waals surface area contributed by atoms with Crippen LogP contribution in [0.15, 0.2) is 27.2 Å².